The number of benzene rings is 1. The van der Waals surface area contributed by atoms with Gasteiger partial charge in [-0.25, -0.2) is 4.79 Å². The van der Waals surface area contributed by atoms with E-state index in [2.05, 4.69) is 4.98 Å². The van der Waals surface area contributed by atoms with Gasteiger partial charge in [0.2, 0.25) is 0 Å². The fourth-order valence-electron chi connectivity index (χ4n) is 1.79. The predicted octanol–water partition coefficient (Wildman–Crippen LogP) is 2.37. The second-order valence-electron chi connectivity index (χ2n) is 3.77. The maximum atomic E-state index is 12.1. The normalized spacial score (nSPS) is 10.5. The number of halogens is 1. The molecule has 1 N–H and O–H groups in total. The van der Waals surface area contributed by atoms with Gasteiger partial charge in [0.15, 0.2) is 5.43 Å². The Bertz CT molecular complexity index is 693. The second kappa shape index (κ2) is 5.32. The van der Waals surface area contributed by atoms with E-state index >= 15 is 0 Å². The van der Waals surface area contributed by atoms with E-state index < -0.39 is 5.97 Å². The molecular weight excluding hydrogens is 270 g/mol. The molecule has 0 spiro atoms. The minimum absolute atomic E-state index is 0.0644. The third-order valence-electron chi connectivity index (χ3n) is 2.61. The van der Waals surface area contributed by atoms with Crippen molar-refractivity contribution in [3.63, 3.8) is 0 Å². The quantitative estimate of drug-likeness (QED) is 0.877. The molecule has 0 aliphatic heterocycles. The zero-order chi connectivity index (χ0) is 14.0. The molecule has 0 aliphatic carbocycles. The van der Waals surface area contributed by atoms with Crippen molar-refractivity contribution in [1.29, 1.82) is 0 Å². The van der Waals surface area contributed by atoms with Crippen LogP contribution in [0.4, 0.5) is 0 Å². The van der Waals surface area contributed by atoms with Crippen LogP contribution in [0.1, 0.15) is 17.4 Å². The number of hydrogen-bond donors (Lipinski definition) is 1. The Labute approximate surface area is 114 Å². The van der Waals surface area contributed by atoms with Crippen molar-refractivity contribution < 1.29 is 14.3 Å². The van der Waals surface area contributed by atoms with E-state index in [1.165, 1.54) is 13.2 Å². The fourth-order valence-corrected chi connectivity index (χ4v) is 1.99. The number of hydrogen-bond acceptors (Lipinski definition) is 4. The van der Waals surface area contributed by atoms with Gasteiger partial charge in [-0.1, -0.05) is 11.6 Å². The summed E-state index contributed by atoms with van der Waals surface area (Å²) < 4.78 is 9.96. The highest BCUT2D eigenvalue weighted by Gasteiger charge is 2.15. The van der Waals surface area contributed by atoms with Crippen molar-refractivity contribution in [2.45, 2.75) is 6.92 Å². The zero-order valence-electron chi connectivity index (χ0n) is 10.5. The molecular formula is C13H12ClNO4. The van der Waals surface area contributed by atoms with E-state index in [1.54, 1.807) is 19.1 Å². The topological polar surface area (TPSA) is 68.4 Å². The minimum Gasteiger partial charge on any atom is -0.496 e. The van der Waals surface area contributed by atoms with Crippen molar-refractivity contribution in [1.82, 2.24) is 4.98 Å². The van der Waals surface area contributed by atoms with E-state index in [0.29, 0.717) is 21.7 Å². The molecule has 6 heteroatoms. The van der Waals surface area contributed by atoms with E-state index in [0.717, 1.165) is 0 Å². The van der Waals surface area contributed by atoms with Crippen LogP contribution in [-0.2, 0) is 4.74 Å². The van der Waals surface area contributed by atoms with Crippen LogP contribution in [0.25, 0.3) is 10.9 Å². The van der Waals surface area contributed by atoms with Crippen LogP contribution in [0.15, 0.2) is 23.0 Å². The Morgan fingerprint density at radius 3 is 2.79 bits per heavy atom. The first kappa shape index (κ1) is 13.4. The van der Waals surface area contributed by atoms with Crippen LogP contribution >= 0.6 is 11.6 Å². The molecule has 0 amide bonds. The summed E-state index contributed by atoms with van der Waals surface area (Å²) in [5, 5.41) is 0.641. The van der Waals surface area contributed by atoms with Crippen molar-refractivity contribution in [3.8, 4) is 5.75 Å². The van der Waals surface area contributed by atoms with Gasteiger partial charge in [0.1, 0.15) is 11.4 Å². The van der Waals surface area contributed by atoms with Crippen molar-refractivity contribution >= 4 is 28.5 Å². The van der Waals surface area contributed by atoms with E-state index in [4.69, 9.17) is 21.1 Å². The molecule has 2 aromatic rings. The highest BCUT2D eigenvalue weighted by molar-refractivity contribution is 6.35. The molecule has 100 valence electrons. The lowest BCUT2D eigenvalue weighted by Crippen LogP contribution is -2.13. The molecule has 0 fully saturated rings. The van der Waals surface area contributed by atoms with Crippen LogP contribution in [0.5, 0.6) is 5.75 Å². The van der Waals surface area contributed by atoms with E-state index in [1.807, 2.05) is 0 Å². The summed E-state index contributed by atoms with van der Waals surface area (Å²) in [6.07, 6.45) is 0. The Morgan fingerprint density at radius 2 is 2.16 bits per heavy atom. The lowest BCUT2D eigenvalue weighted by molar-refractivity contribution is 0.0520. The third kappa shape index (κ3) is 2.42. The average molecular weight is 282 g/mol. The second-order valence-corrected chi connectivity index (χ2v) is 4.17. The van der Waals surface area contributed by atoms with Gasteiger partial charge in [0, 0.05) is 6.07 Å². The number of methoxy groups -OCH3 is 1. The number of carbonyl (C=O) groups excluding carboxylic acids is 1. The van der Waals surface area contributed by atoms with Crippen LogP contribution in [0, 0.1) is 0 Å². The standard InChI is InChI=1S/C13H12ClNO4/c1-3-19-13(17)8-6-9(16)11-10(18-2)5-4-7(14)12(11)15-8/h4-6H,3H2,1-2H3,(H,15,16). The number of ether oxygens (including phenoxy) is 2. The average Bonchev–Trinajstić information content (AvgIpc) is 2.40. The molecule has 1 heterocycles. The number of aromatic nitrogens is 1. The molecule has 19 heavy (non-hydrogen) atoms. The largest absolute Gasteiger partial charge is 0.496 e. The predicted molar refractivity (Wildman–Crippen MR) is 72.1 cm³/mol. The van der Waals surface area contributed by atoms with Gasteiger partial charge < -0.3 is 14.5 Å². The number of H-pyrrole nitrogens is 1. The zero-order valence-corrected chi connectivity index (χ0v) is 11.2. The summed E-state index contributed by atoms with van der Waals surface area (Å²) in [6.45, 7) is 1.91. The number of aromatic amines is 1. The van der Waals surface area contributed by atoms with Gasteiger partial charge in [-0.15, -0.1) is 0 Å². The van der Waals surface area contributed by atoms with E-state index in [9.17, 15) is 9.59 Å². The number of pyridine rings is 1. The van der Waals surface area contributed by atoms with Gasteiger partial charge in [0.25, 0.3) is 0 Å². The number of nitrogens with one attached hydrogen (secondary N) is 1. The third-order valence-corrected chi connectivity index (χ3v) is 2.93. The molecule has 0 aliphatic rings. The molecule has 1 aromatic heterocycles. The summed E-state index contributed by atoms with van der Waals surface area (Å²) in [6, 6.07) is 4.37. The van der Waals surface area contributed by atoms with Gasteiger partial charge in [-0.3, -0.25) is 4.79 Å². The number of fused-ring (bicyclic) bond motifs is 1. The molecule has 5 nitrogen and oxygen atoms in total. The Balaban J connectivity index is 2.73. The number of esters is 1. The minimum atomic E-state index is -0.597. The summed E-state index contributed by atoms with van der Waals surface area (Å²) in [7, 11) is 1.46. The van der Waals surface area contributed by atoms with Gasteiger partial charge in [0.05, 0.1) is 29.6 Å². The molecule has 0 radical (unpaired) electrons. The molecule has 0 saturated heterocycles. The Hall–Kier alpha value is -2.01. The first-order valence-electron chi connectivity index (χ1n) is 5.65. The van der Waals surface area contributed by atoms with Crippen molar-refractivity contribution in [2.75, 3.05) is 13.7 Å². The molecule has 0 atom stereocenters. The lowest BCUT2D eigenvalue weighted by Gasteiger charge is -2.08. The van der Waals surface area contributed by atoms with Crippen LogP contribution in [-0.4, -0.2) is 24.7 Å². The summed E-state index contributed by atoms with van der Waals surface area (Å²) in [4.78, 5) is 26.5. The summed E-state index contributed by atoms with van der Waals surface area (Å²) in [5.41, 5.74) is 0.0715. The van der Waals surface area contributed by atoms with Crippen LogP contribution < -0.4 is 10.2 Å². The molecule has 2 rings (SSSR count). The number of rotatable bonds is 3. The van der Waals surface area contributed by atoms with Crippen molar-refractivity contribution in [3.05, 3.63) is 39.1 Å². The SMILES string of the molecule is CCOC(=O)c1cc(=O)c2c(OC)ccc(Cl)c2[nH]1. The Kier molecular flexibility index (Phi) is 3.76. The summed E-state index contributed by atoms with van der Waals surface area (Å²) >= 11 is 6.03. The van der Waals surface area contributed by atoms with Crippen LogP contribution in [0.3, 0.4) is 0 Å². The fraction of sp³-hybridized carbons (Fsp3) is 0.231. The molecule has 0 unspecified atom stereocenters. The highest BCUT2D eigenvalue weighted by Crippen LogP contribution is 2.27. The van der Waals surface area contributed by atoms with Gasteiger partial charge in [-0.2, -0.15) is 0 Å². The molecule has 1 aromatic carbocycles. The number of carbonyl (C=O) groups is 1. The smallest absolute Gasteiger partial charge is 0.354 e. The van der Waals surface area contributed by atoms with Gasteiger partial charge in [-0.05, 0) is 19.1 Å². The molecule has 0 bridgehead atoms. The maximum Gasteiger partial charge on any atom is 0.354 e. The van der Waals surface area contributed by atoms with Gasteiger partial charge >= 0.3 is 5.97 Å². The Morgan fingerprint density at radius 1 is 1.42 bits per heavy atom. The van der Waals surface area contributed by atoms with Crippen LogP contribution in [0.2, 0.25) is 5.02 Å². The molecule has 0 saturated carbocycles. The lowest BCUT2D eigenvalue weighted by atomic mass is 10.1. The summed E-state index contributed by atoms with van der Waals surface area (Å²) in [5.74, 6) is -0.198. The highest BCUT2D eigenvalue weighted by atomic mass is 35.5. The monoisotopic (exact) mass is 281 g/mol. The van der Waals surface area contributed by atoms with E-state index in [-0.39, 0.29) is 17.7 Å². The first-order chi connectivity index (χ1) is 9.08. The maximum absolute atomic E-state index is 12.1. The van der Waals surface area contributed by atoms with Crippen molar-refractivity contribution in [2.24, 2.45) is 0 Å². The first-order valence-corrected chi connectivity index (χ1v) is 6.03.